The van der Waals surface area contributed by atoms with Crippen molar-refractivity contribution in [2.24, 2.45) is 17.8 Å². The van der Waals surface area contributed by atoms with Crippen molar-refractivity contribution in [1.82, 2.24) is 0 Å². The minimum absolute atomic E-state index is 0.719. The average Bonchev–Trinajstić information content (AvgIpc) is 2.78. The van der Waals surface area contributed by atoms with Gasteiger partial charge in [0.1, 0.15) is 0 Å². The number of ether oxygens (including phenoxy) is 1. The first kappa shape index (κ1) is 22.3. The minimum Gasteiger partial charge on any atom is -0.373 e. The Morgan fingerprint density at radius 1 is 0.759 bits per heavy atom. The molecule has 1 aromatic carbocycles. The van der Waals surface area contributed by atoms with Gasteiger partial charge >= 0.3 is 0 Å². The molecule has 1 aromatic rings. The Morgan fingerprint density at radius 3 is 2.00 bits per heavy atom. The second-order valence-corrected chi connectivity index (χ2v) is 9.26. The van der Waals surface area contributed by atoms with Gasteiger partial charge in [0.15, 0.2) is 0 Å². The Kier molecular flexibility index (Phi) is 9.54. The summed E-state index contributed by atoms with van der Waals surface area (Å²) < 4.78 is 5.73. The molecule has 0 radical (unpaired) electrons. The smallest absolute Gasteiger partial charge is 0.0721 e. The maximum atomic E-state index is 5.73. The fraction of sp³-hybridized carbons (Fsp3) is 0.643. The van der Waals surface area contributed by atoms with Crippen LogP contribution < -0.4 is 0 Å². The van der Waals surface area contributed by atoms with Crippen molar-refractivity contribution in [3.63, 3.8) is 0 Å². The van der Waals surface area contributed by atoms with Crippen LogP contribution in [0.5, 0.6) is 0 Å². The molecule has 2 fully saturated rings. The van der Waals surface area contributed by atoms with Gasteiger partial charge < -0.3 is 4.74 Å². The summed E-state index contributed by atoms with van der Waals surface area (Å²) in [6.45, 7) is 5.83. The van der Waals surface area contributed by atoms with Crippen molar-refractivity contribution in [2.45, 2.75) is 90.6 Å². The third kappa shape index (κ3) is 7.14. The molecule has 0 spiro atoms. The first-order chi connectivity index (χ1) is 14.3. The van der Waals surface area contributed by atoms with E-state index in [0.29, 0.717) is 0 Å². The van der Waals surface area contributed by atoms with Gasteiger partial charge in [-0.3, -0.25) is 0 Å². The predicted octanol–water partition coefficient (Wildman–Crippen LogP) is 8.22. The SMILES string of the molecule is CC/C=C/COCc1ccc(C2CCC(C3CCC(/C=C/CC)CC3)CC2)cc1. The number of rotatable bonds is 9. The van der Waals surface area contributed by atoms with E-state index >= 15 is 0 Å². The van der Waals surface area contributed by atoms with Gasteiger partial charge in [0, 0.05) is 0 Å². The summed E-state index contributed by atoms with van der Waals surface area (Å²) >= 11 is 0. The van der Waals surface area contributed by atoms with Crippen LogP contribution in [0.2, 0.25) is 0 Å². The molecule has 0 atom stereocenters. The minimum atomic E-state index is 0.719. The van der Waals surface area contributed by atoms with Crippen molar-refractivity contribution < 1.29 is 4.74 Å². The molecule has 160 valence electrons. The standard InChI is InChI=1S/C28H42O/c1-3-5-7-21-29-22-24-11-15-26(16-12-24)28-19-17-27(18-20-28)25-13-9-23(10-14-25)8-6-4-2/h5-8,11-12,15-16,23,25,27-28H,3-4,9-10,13-14,17-22H2,1-2H3/b7-5+,8-6+. The molecular formula is C28H42O. The summed E-state index contributed by atoms with van der Waals surface area (Å²) in [5.74, 6) is 3.64. The van der Waals surface area contributed by atoms with Crippen molar-refractivity contribution in [1.29, 1.82) is 0 Å². The third-order valence-corrected chi connectivity index (χ3v) is 7.24. The van der Waals surface area contributed by atoms with Gasteiger partial charge in [0.05, 0.1) is 13.2 Å². The van der Waals surface area contributed by atoms with E-state index in [0.717, 1.165) is 43.3 Å². The summed E-state index contributed by atoms with van der Waals surface area (Å²) in [7, 11) is 0. The molecule has 0 bridgehead atoms. The van der Waals surface area contributed by atoms with Gasteiger partial charge in [-0.15, -0.1) is 0 Å². The van der Waals surface area contributed by atoms with E-state index in [1.54, 1.807) is 5.56 Å². The molecule has 1 heteroatoms. The summed E-state index contributed by atoms with van der Waals surface area (Å²) in [6.07, 6.45) is 22.9. The Balaban J connectivity index is 1.39. The maximum Gasteiger partial charge on any atom is 0.0721 e. The molecule has 2 saturated carbocycles. The Morgan fingerprint density at radius 2 is 1.38 bits per heavy atom. The first-order valence-electron chi connectivity index (χ1n) is 12.3. The number of hydrogen-bond acceptors (Lipinski definition) is 1. The topological polar surface area (TPSA) is 9.23 Å². The molecule has 2 aliphatic rings. The summed E-state index contributed by atoms with van der Waals surface area (Å²) in [4.78, 5) is 0. The highest BCUT2D eigenvalue weighted by molar-refractivity contribution is 5.25. The highest BCUT2D eigenvalue weighted by Crippen LogP contribution is 2.44. The molecule has 0 N–H and O–H groups in total. The van der Waals surface area contributed by atoms with Gasteiger partial charge in [0.2, 0.25) is 0 Å². The van der Waals surface area contributed by atoms with Crippen molar-refractivity contribution in [3.8, 4) is 0 Å². The molecule has 29 heavy (non-hydrogen) atoms. The summed E-state index contributed by atoms with van der Waals surface area (Å²) in [6, 6.07) is 9.26. The van der Waals surface area contributed by atoms with Gasteiger partial charge in [-0.2, -0.15) is 0 Å². The normalized spacial score (nSPS) is 28.3. The van der Waals surface area contributed by atoms with Gasteiger partial charge in [-0.1, -0.05) is 62.4 Å². The monoisotopic (exact) mass is 394 g/mol. The van der Waals surface area contributed by atoms with Crippen molar-refractivity contribution >= 4 is 0 Å². The van der Waals surface area contributed by atoms with E-state index in [2.05, 4.69) is 62.4 Å². The third-order valence-electron chi connectivity index (χ3n) is 7.24. The second kappa shape index (κ2) is 12.4. The van der Waals surface area contributed by atoms with E-state index in [-0.39, 0.29) is 0 Å². The van der Waals surface area contributed by atoms with Crippen LogP contribution in [0.4, 0.5) is 0 Å². The Bertz CT molecular complexity index is 610. The van der Waals surface area contributed by atoms with E-state index in [9.17, 15) is 0 Å². The largest absolute Gasteiger partial charge is 0.373 e. The van der Waals surface area contributed by atoms with Crippen LogP contribution >= 0.6 is 0 Å². The number of hydrogen-bond donors (Lipinski definition) is 0. The lowest BCUT2D eigenvalue weighted by Gasteiger charge is -2.37. The second-order valence-electron chi connectivity index (χ2n) is 9.26. The zero-order valence-corrected chi connectivity index (χ0v) is 18.8. The molecule has 1 nitrogen and oxygen atoms in total. The fourth-order valence-electron chi connectivity index (χ4n) is 5.43. The average molecular weight is 395 g/mol. The van der Waals surface area contributed by atoms with Crippen molar-refractivity contribution in [3.05, 3.63) is 59.7 Å². The molecule has 0 heterocycles. The lowest BCUT2D eigenvalue weighted by Crippen LogP contribution is -2.25. The number of allylic oxidation sites excluding steroid dienone is 3. The fourth-order valence-corrected chi connectivity index (χ4v) is 5.43. The molecular weight excluding hydrogens is 352 g/mol. The van der Waals surface area contributed by atoms with E-state index in [4.69, 9.17) is 4.74 Å². The predicted molar refractivity (Wildman–Crippen MR) is 125 cm³/mol. The number of benzene rings is 1. The van der Waals surface area contributed by atoms with Gasteiger partial charge in [-0.05, 0) is 99.0 Å². The van der Waals surface area contributed by atoms with Crippen LogP contribution in [0.25, 0.3) is 0 Å². The molecule has 3 rings (SSSR count). The lowest BCUT2D eigenvalue weighted by atomic mass is 9.68. The molecule has 0 aliphatic heterocycles. The Hall–Kier alpha value is -1.34. The van der Waals surface area contributed by atoms with Crippen LogP contribution in [0.1, 0.15) is 95.1 Å². The first-order valence-corrected chi connectivity index (χ1v) is 12.3. The highest BCUT2D eigenvalue weighted by atomic mass is 16.5. The van der Waals surface area contributed by atoms with Crippen LogP contribution in [-0.4, -0.2) is 6.61 Å². The van der Waals surface area contributed by atoms with Crippen LogP contribution in [-0.2, 0) is 11.3 Å². The highest BCUT2D eigenvalue weighted by Gasteiger charge is 2.30. The molecule has 2 aliphatic carbocycles. The molecule has 0 amide bonds. The molecule has 0 aromatic heterocycles. The zero-order valence-electron chi connectivity index (χ0n) is 18.8. The quantitative estimate of drug-likeness (QED) is 0.303. The van der Waals surface area contributed by atoms with Crippen LogP contribution in [0.3, 0.4) is 0 Å². The lowest BCUT2D eigenvalue weighted by molar-refractivity contribution is 0.148. The molecule has 0 saturated heterocycles. The van der Waals surface area contributed by atoms with Crippen molar-refractivity contribution in [2.75, 3.05) is 6.61 Å². The Labute approximate surface area is 179 Å². The van der Waals surface area contributed by atoms with E-state index in [1.165, 1.54) is 63.4 Å². The summed E-state index contributed by atoms with van der Waals surface area (Å²) in [5.41, 5.74) is 2.84. The van der Waals surface area contributed by atoms with Gasteiger partial charge in [-0.25, -0.2) is 0 Å². The van der Waals surface area contributed by atoms with E-state index < -0.39 is 0 Å². The maximum absolute atomic E-state index is 5.73. The van der Waals surface area contributed by atoms with E-state index in [1.807, 2.05) is 0 Å². The summed E-state index contributed by atoms with van der Waals surface area (Å²) in [5, 5.41) is 0. The van der Waals surface area contributed by atoms with Crippen LogP contribution in [0.15, 0.2) is 48.6 Å². The van der Waals surface area contributed by atoms with Gasteiger partial charge in [0.25, 0.3) is 0 Å². The molecule has 0 unspecified atom stereocenters. The zero-order chi connectivity index (χ0) is 20.3. The van der Waals surface area contributed by atoms with Crippen LogP contribution in [0, 0.1) is 17.8 Å².